The van der Waals surface area contributed by atoms with Gasteiger partial charge in [0.1, 0.15) is 0 Å². The van der Waals surface area contributed by atoms with E-state index in [1.54, 1.807) is 0 Å². The zero-order valence-corrected chi connectivity index (χ0v) is 8.51. The molecule has 0 spiro atoms. The molecule has 0 aliphatic carbocycles. The standard InChI is InChI=1S/C10H6F6O2/c11-7(12)9(13,8(17)18)5-1-3-6(4-2-5)10(14,15)16/h1-4,7H,(H,17,18). The number of carboxylic acids is 1. The molecule has 1 atom stereocenters. The highest BCUT2D eigenvalue weighted by Gasteiger charge is 2.50. The van der Waals surface area contributed by atoms with E-state index in [0.717, 1.165) is 0 Å². The summed E-state index contributed by atoms with van der Waals surface area (Å²) in [6, 6.07) is 1.44. The Hall–Kier alpha value is -1.73. The second kappa shape index (κ2) is 4.51. The monoisotopic (exact) mass is 272 g/mol. The maximum Gasteiger partial charge on any atom is 0.416 e. The molecular weight excluding hydrogens is 266 g/mol. The van der Waals surface area contributed by atoms with Crippen LogP contribution in [0.3, 0.4) is 0 Å². The van der Waals surface area contributed by atoms with Crippen molar-refractivity contribution in [3.63, 3.8) is 0 Å². The molecule has 1 unspecified atom stereocenters. The third kappa shape index (κ3) is 2.41. The van der Waals surface area contributed by atoms with Gasteiger partial charge in [-0.25, -0.2) is 18.0 Å². The van der Waals surface area contributed by atoms with E-state index < -0.39 is 35.4 Å². The van der Waals surface area contributed by atoms with E-state index in [1.807, 2.05) is 0 Å². The van der Waals surface area contributed by atoms with Crippen LogP contribution in [-0.4, -0.2) is 17.5 Å². The summed E-state index contributed by atoms with van der Waals surface area (Å²) in [6.07, 6.45) is -8.61. The number of halogens is 6. The van der Waals surface area contributed by atoms with Gasteiger partial charge in [0.25, 0.3) is 12.1 Å². The molecule has 0 saturated heterocycles. The van der Waals surface area contributed by atoms with Crippen LogP contribution in [0, 0.1) is 0 Å². The molecule has 0 radical (unpaired) electrons. The van der Waals surface area contributed by atoms with Gasteiger partial charge in [-0.05, 0) is 12.1 Å². The number of alkyl halides is 6. The van der Waals surface area contributed by atoms with E-state index in [4.69, 9.17) is 5.11 Å². The molecule has 1 aromatic rings. The first-order valence-electron chi connectivity index (χ1n) is 4.48. The minimum atomic E-state index is -4.72. The number of carbonyl (C=O) groups is 1. The number of rotatable bonds is 3. The zero-order chi connectivity index (χ0) is 14.1. The van der Waals surface area contributed by atoms with Crippen LogP contribution in [0.5, 0.6) is 0 Å². The first-order chi connectivity index (χ1) is 8.10. The minimum absolute atomic E-state index is 0.342. The van der Waals surface area contributed by atoms with Gasteiger partial charge in [-0.3, -0.25) is 0 Å². The largest absolute Gasteiger partial charge is 0.478 e. The van der Waals surface area contributed by atoms with Crippen molar-refractivity contribution in [1.29, 1.82) is 0 Å². The van der Waals surface area contributed by atoms with Gasteiger partial charge in [0.15, 0.2) is 0 Å². The van der Waals surface area contributed by atoms with Crippen molar-refractivity contribution in [3.05, 3.63) is 35.4 Å². The molecule has 0 aliphatic rings. The van der Waals surface area contributed by atoms with Crippen molar-refractivity contribution in [2.75, 3.05) is 0 Å². The molecule has 0 saturated carbocycles. The van der Waals surface area contributed by atoms with Gasteiger partial charge < -0.3 is 5.11 Å². The van der Waals surface area contributed by atoms with Crippen molar-refractivity contribution in [2.45, 2.75) is 18.3 Å². The van der Waals surface area contributed by atoms with Gasteiger partial charge in [0.05, 0.1) is 5.56 Å². The summed E-state index contributed by atoms with van der Waals surface area (Å²) in [6.45, 7) is 0. The molecule has 0 amide bonds. The van der Waals surface area contributed by atoms with E-state index in [9.17, 15) is 31.1 Å². The third-order valence-corrected chi connectivity index (χ3v) is 2.24. The van der Waals surface area contributed by atoms with Crippen LogP contribution in [0.15, 0.2) is 24.3 Å². The van der Waals surface area contributed by atoms with Gasteiger partial charge in [-0.1, -0.05) is 12.1 Å². The van der Waals surface area contributed by atoms with Crippen LogP contribution in [0.2, 0.25) is 0 Å². The second-order valence-electron chi connectivity index (χ2n) is 3.39. The SMILES string of the molecule is O=C(O)C(F)(c1ccc(C(F)(F)F)cc1)C(F)F. The van der Waals surface area contributed by atoms with Crippen LogP contribution < -0.4 is 0 Å². The van der Waals surface area contributed by atoms with Crippen molar-refractivity contribution in [2.24, 2.45) is 0 Å². The highest BCUT2D eigenvalue weighted by atomic mass is 19.4. The molecule has 2 nitrogen and oxygen atoms in total. The minimum Gasteiger partial charge on any atom is -0.478 e. The van der Waals surface area contributed by atoms with Crippen molar-refractivity contribution >= 4 is 5.97 Å². The normalized spacial score (nSPS) is 15.5. The summed E-state index contributed by atoms with van der Waals surface area (Å²) in [7, 11) is 0. The van der Waals surface area contributed by atoms with Crippen LogP contribution in [0.4, 0.5) is 26.3 Å². The summed E-state index contributed by atoms with van der Waals surface area (Å²) >= 11 is 0. The Kier molecular flexibility index (Phi) is 3.59. The van der Waals surface area contributed by atoms with Crippen LogP contribution in [0.1, 0.15) is 11.1 Å². The van der Waals surface area contributed by atoms with Gasteiger partial charge >= 0.3 is 12.1 Å². The van der Waals surface area contributed by atoms with Crippen LogP contribution in [-0.2, 0) is 16.6 Å². The molecule has 18 heavy (non-hydrogen) atoms. The average Bonchev–Trinajstić information content (AvgIpc) is 2.26. The van der Waals surface area contributed by atoms with Gasteiger partial charge in [0, 0.05) is 5.56 Å². The lowest BCUT2D eigenvalue weighted by molar-refractivity contribution is -0.164. The Labute approximate surface area is 96.8 Å². The molecule has 100 valence electrons. The fourth-order valence-electron chi connectivity index (χ4n) is 1.24. The lowest BCUT2D eigenvalue weighted by Crippen LogP contribution is -2.38. The highest BCUT2D eigenvalue weighted by molar-refractivity contribution is 5.80. The fraction of sp³-hybridized carbons (Fsp3) is 0.300. The number of aliphatic carboxylic acids is 1. The van der Waals surface area contributed by atoms with Crippen molar-refractivity contribution in [1.82, 2.24) is 0 Å². The Bertz CT molecular complexity index is 439. The maximum atomic E-state index is 13.6. The van der Waals surface area contributed by atoms with E-state index in [1.165, 1.54) is 0 Å². The lowest BCUT2D eigenvalue weighted by Gasteiger charge is -2.20. The maximum absolute atomic E-state index is 13.6. The van der Waals surface area contributed by atoms with Gasteiger partial charge in [-0.2, -0.15) is 13.2 Å². The first-order valence-corrected chi connectivity index (χ1v) is 4.48. The quantitative estimate of drug-likeness (QED) is 0.858. The molecule has 1 aromatic carbocycles. The van der Waals surface area contributed by atoms with E-state index >= 15 is 0 Å². The zero-order valence-electron chi connectivity index (χ0n) is 8.51. The van der Waals surface area contributed by atoms with Crippen LogP contribution >= 0.6 is 0 Å². The predicted molar refractivity (Wildman–Crippen MR) is 47.9 cm³/mol. The number of benzene rings is 1. The molecule has 1 N–H and O–H groups in total. The number of hydrogen-bond donors (Lipinski definition) is 1. The summed E-state index contributed by atoms with van der Waals surface area (Å²) in [5.41, 5.74) is -6.25. The fourth-order valence-corrected chi connectivity index (χ4v) is 1.24. The Balaban J connectivity index is 3.22. The van der Waals surface area contributed by atoms with E-state index in [-0.39, 0.29) is 0 Å². The average molecular weight is 272 g/mol. The Morgan fingerprint density at radius 2 is 1.39 bits per heavy atom. The molecule has 0 aromatic heterocycles. The molecule has 0 aliphatic heterocycles. The summed E-state index contributed by atoms with van der Waals surface area (Å²) in [4.78, 5) is 10.5. The summed E-state index contributed by atoms with van der Waals surface area (Å²) < 4.78 is 74.8. The van der Waals surface area contributed by atoms with Crippen molar-refractivity contribution in [3.8, 4) is 0 Å². The highest BCUT2D eigenvalue weighted by Crippen LogP contribution is 2.35. The van der Waals surface area contributed by atoms with Crippen LogP contribution in [0.25, 0.3) is 0 Å². The molecule has 0 heterocycles. The van der Waals surface area contributed by atoms with E-state index in [0.29, 0.717) is 24.3 Å². The lowest BCUT2D eigenvalue weighted by atomic mass is 9.95. The molecule has 0 fully saturated rings. The Morgan fingerprint density at radius 3 is 1.67 bits per heavy atom. The topological polar surface area (TPSA) is 37.3 Å². The van der Waals surface area contributed by atoms with Gasteiger partial charge in [0.2, 0.25) is 0 Å². The summed E-state index contributed by atoms with van der Waals surface area (Å²) in [5.74, 6) is -2.46. The number of carboxylic acid groups (broad SMARTS) is 1. The van der Waals surface area contributed by atoms with Gasteiger partial charge in [-0.15, -0.1) is 0 Å². The molecule has 1 rings (SSSR count). The Morgan fingerprint density at radius 1 is 1.00 bits per heavy atom. The molecule has 8 heteroatoms. The molecular formula is C10H6F6O2. The molecule has 0 bridgehead atoms. The van der Waals surface area contributed by atoms with Crippen molar-refractivity contribution < 1.29 is 36.2 Å². The summed E-state index contributed by atoms with van der Waals surface area (Å²) in [5, 5.41) is 8.41. The number of hydrogen-bond acceptors (Lipinski definition) is 1. The first kappa shape index (κ1) is 14.3. The predicted octanol–water partition coefficient (Wildman–Crippen LogP) is 3.22. The smallest absolute Gasteiger partial charge is 0.416 e. The second-order valence-corrected chi connectivity index (χ2v) is 3.39. The third-order valence-electron chi connectivity index (χ3n) is 2.24. The van der Waals surface area contributed by atoms with E-state index in [2.05, 4.69) is 0 Å².